The number of pyridine rings is 1. The first-order chi connectivity index (χ1) is 9.24. The van der Waals surface area contributed by atoms with Crippen molar-refractivity contribution in [1.29, 1.82) is 0 Å². The Morgan fingerprint density at radius 1 is 1.42 bits per heavy atom. The van der Waals surface area contributed by atoms with Gasteiger partial charge >= 0.3 is 0 Å². The van der Waals surface area contributed by atoms with Gasteiger partial charge in [-0.1, -0.05) is 6.07 Å². The summed E-state index contributed by atoms with van der Waals surface area (Å²) < 4.78 is 0. The molecule has 1 aliphatic carbocycles. The van der Waals surface area contributed by atoms with Crippen molar-refractivity contribution >= 4 is 17.2 Å². The molecule has 1 fully saturated rings. The van der Waals surface area contributed by atoms with E-state index in [1.165, 1.54) is 18.4 Å². The second kappa shape index (κ2) is 5.31. The van der Waals surface area contributed by atoms with Crippen molar-refractivity contribution in [2.75, 3.05) is 4.90 Å². The molecule has 2 aromatic heterocycles. The zero-order valence-corrected chi connectivity index (χ0v) is 11.8. The molecule has 0 aromatic carbocycles. The quantitative estimate of drug-likeness (QED) is 0.908. The van der Waals surface area contributed by atoms with Gasteiger partial charge in [0.05, 0.1) is 6.10 Å². The molecule has 0 saturated heterocycles. The van der Waals surface area contributed by atoms with Crippen LogP contribution in [0.1, 0.15) is 37.0 Å². The number of hydrogen-bond donors (Lipinski definition) is 1. The lowest BCUT2D eigenvalue weighted by Gasteiger charge is -2.23. The molecule has 1 saturated carbocycles. The molecule has 0 bridgehead atoms. The van der Waals surface area contributed by atoms with Crippen molar-refractivity contribution in [2.24, 2.45) is 0 Å². The highest BCUT2D eigenvalue weighted by Crippen LogP contribution is 2.32. The molecule has 3 rings (SSSR count). The maximum absolute atomic E-state index is 9.53. The van der Waals surface area contributed by atoms with Gasteiger partial charge in [-0.3, -0.25) is 0 Å². The molecule has 0 radical (unpaired) electrons. The molecule has 100 valence electrons. The third kappa shape index (κ3) is 2.96. The molecular formula is C15H18N2OS. The average molecular weight is 274 g/mol. The lowest BCUT2D eigenvalue weighted by molar-refractivity contribution is 0.199. The minimum Gasteiger partial charge on any atom is -0.389 e. The first-order valence-corrected chi connectivity index (χ1v) is 7.60. The molecule has 4 heteroatoms. The van der Waals surface area contributed by atoms with Crippen LogP contribution in [0, 0.1) is 0 Å². The zero-order valence-electron chi connectivity index (χ0n) is 11.0. The second-order valence-corrected chi connectivity index (χ2v) is 5.90. The van der Waals surface area contributed by atoms with Gasteiger partial charge in [-0.05, 0) is 53.8 Å². The summed E-state index contributed by atoms with van der Waals surface area (Å²) in [5.41, 5.74) is 2.22. The van der Waals surface area contributed by atoms with Gasteiger partial charge in [-0.25, -0.2) is 4.98 Å². The monoisotopic (exact) mass is 274 g/mol. The Bertz CT molecular complexity index is 518. The van der Waals surface area contributed by atoms with Gasteiger partial charge in [-0.2, -0.15) is 11.3 Å². The zero-order chi connectivity index (χ0) is 13.2. The topological polar surface area (TPSA) is 36.4 Å². The van der Waals surface area contributed by atoms with E-state index < -0.39 is 6.10 Å². The lowest BCUT2D eigenvalue weighted by Crippen LogP contribution is -2.25. The van der Waals surface area contributed by atoms with Crippen LogP contribution in [0.4, 0.5) is 5.82 Å². The predicted molar refractivity (Wildman–Crippen MR) is 78.4 cm³/mol. The Morgan fingerprint density at radius 2 is 2.26 bits per heavy atom. The van der Waals surface area contributed by atoms with E-state index in [0.717, 1.165) is 17.9 Å². The lowest BCUT2D eigenvalue weighted by atomic mass is 10.2. The number of aliphatic hydroxyl groups is 1. The Balaban J connectivity index is 1.79. The molecule has 2 heterocycles. The van der Waals surface area contributed by atoms with Crippen LogP contribution < -0.4 is 4.90 Å². The van der Waals surface area contributed by atoms with Crippen molar-refractivity contribution in [3.05, 3.63) is 46.3 Å². The van der Waals surface area contributed by atoms with Crippen LogP contribution in [0.5, 0.6) is 0 Å². The van der Waals surface area contributed by atoms with Crippen LogP contribution in [-0.4, -0.2) is 16.1 Å². The molecule has 0 aliphatic heterocycles. The number of nitrogens with zero attached hydrogens (tertiary/aromatic N) is 2. The summed E-state index contributed by atoms with van der Waals surface area (Å²) in [7, 11) is 0. The highest BCUT2D eigenvalue weighted by molar-refractivity contribution is 7.07. The van der Waals surface area contributed by atoms with Crippen LogP contribution in [0.2, 0.25) is 0 Å². The van der Waals surface area contributed by atoms with Gasteiger partial charge < -0.3 is 10.0 Å². The highest BCUT2D eigenvalue weighted by atomic mass is 32.1. The summed E-state index contributed by atoms with van der Waals surface area (Å²) in [6, 6.07) is 6.79. The van der Waals surface area contributed by atoms with Crippen LogP contribution in [0.25, 0.3) is 0 Å². The summed E-state index contributed by atoms with van der Waals surface area (Å²) in [6.45, 7) is 2.69. The van der Waals surface area contributed by atoms with E-state index in [1.807, 2.05) is 12.1 Å². The molecular weight excluding hydrogens is 256 g/mol. The van der Waals surface area contributed by atoms with Gasteiger partial charge in [0.25, 0.3) is 0 Å². The Morgan fingerprint density at radius 3 is 2.79 bits per heavy atom. The predicted octanol–water partition coefficient (Wildman–Crippen LogP) is 3.37. The van der Waals surface area contributed by atoms with E-state index in [4.69, 9.17) is 0 Å². The fraction of sp³-hybridized carbons (Fsp3) is 0.400. The molecule has 1 N–H and O–H groups in total. The number of rotatable bonds is 5. The third-order valence-corrected chi connectivity index (χ3v) is 4.20. The number of thiophene rings is 1. The van der Waals surface area contributed by atoms with E-state index in [9.17, 15) is 5.11 Å². The van der Waals surface area contributed by atoms with Crippen molar-refractivity contribution in [3.8, 4) is 0 Å². The minimum atomic E-state index is -0.451. The van der Waals surface area contributed by atoms with Gasteiger partial charge in [0.2, 0.25) is 0 Å². The molecule has 3 nitrogen and oxygen atoms in total. The molecule has 1 atom stereocenters. The maximum atomic E-state index is 9.53. The van der Waals surface area contributed by atoms with Crippen LogP contribution in [0.15, 0.2) is 35.2 Å². The average Bonchev–Trinajstić information content (AvgIpc) is 3.13. The minimum absolute atomic E-state index is 0.451. The summed E-state index contributed by atoms with van der Waals surface area (Å²) in [6.07, 6.45) is 3.84. The molecule has 1 aliphatic rings. The fourth-order valence-electron chi connectivity index (χ4n) is 2.18. The Hall–Kier alpha value is -1.39. The van der Waals surface area contributed by atoms with Crippen molar-refractivity contribution in [2.45, 2.75) is 38.5 Å². The summed E-state index contributed by atoms with van der Waals surface area (Å²) in [5.74, 6) is 1.01. The maximum Gasteiger partial charge on any atom is 0.129 e. The van der Waals surface area contributed by atoms with Crippen molar-refractivity contribution in [3.63, 3.8) is 0 Å². The molecule has 0 amide bonds. The second-order valence-electron chi connectivity index (χ2n) is 5.12. The summed E-state index contributed by atoms with van der Waals surface area (Å²) in [5, 5.41) is 13.8. The number of anilines is 1. The normalized spacial score (nSPS) is 16.3. The van der Waals surface area contributed by atoms with E-state index >= 15 is 0 Å². The third-order valence-electron chi connectivity index (χ3n) is 3.47. The van der Waals surface area contributed by atoms with Crippen LogP contribution in [-0.2, 0) is 6.54 Å². The largest absolute Gasteiger partial charge is 0.389 e. The van der Waals surface area contributed by atoms with Gasteiger partial charge in [-0.15, -0.1) is 0 Å². The standard InChI is InChI=1S/C15H18N2OS/c1-11(18)13-2-5-15(16-8-13)17(14-3-4-14)9-12-6-7-19-10-12/h2,5-8,10-11,14,18H,3-4,9H2,1H3/t11-/m0/s1. The van der Waals surface area contributed by atoms with Crippen LogP contribution >= 0.6 is 11.3 Å². The van der Waals surface area contributed by atoms with Gasteiger partial charge in [0, 0.05) is 18.8 Å². The first-order valence-electron chi connectivity index (χ1n) is 6.66. The van der Waals surface area contributed by atoms with Crippen LogP contribution in [0.3, 0.4) is 0 Å². The first kappa shape index (κ1) is 12.6. The molecule has 0 unspecified atom stereocenters. The van der Waals surface area contributed by atoms with Gasteiger partial charge in [0.1, 0.15) is 5.82 Å². The molecule has 2 aromatic rings. The number of hydrogen-bond acceptors (Lipinski definition) is 4. The Labute approximate surface area is 117 Å². The molecule has 19 heavy (non-hydrogen) atoms. The van der Waals surface area contributed by atoms with Crippen molar-refractivity contribution < 1.29 is 5.11 Å². The summed E-state index contributed by atoms with van der Waals surface area (Å²) >= 11 is 1.74. The van der Waals surface area contributed by atoms with E-state index in [2.05, 4.69) is 26.7 Å². The number of aromatic nitrogens is 1. The smallest absolute Gasteiger partial charge is 0.129 e. The fourth-order valence-corrected chi connectivity index (χ4v) is 2.84. The molecule has 0 spiro atoms. The Kier molecular flexibility index (Phi) is 3.53. The van der Waals surface area contributed by atoms with E-state index in [1.54, 1.807) is 24.5 Å². The van der Waals surface area contributed by atoms with Gasteiger partial charge in [0.15, 0.2) is 0 Å². The summed E-state index contributed by atoms with van der Waals surface area (Å²) in [4.78, 5) is 6.88. The highest BCUT2D eigenvalue weighted by Gasteiger charge is 2.30. The SMILES string of the molecule is C[C@H](O)c1ccc(N(Cc2ccsc2)C2CC2)nc1. The van der Waals surface area contributed by atoms with E-state index in [0.29, 0.717) is 6.04 Å². The number of aliphatic hydroxyl groups excluding tert-OH is 1. The van der Waals surface area contributed by atoms with E-state index in [-0.39, 0.29) is 0 Å². The van der Waals surface area contributed by atoms with Crippen molar-refractivity contribution in [1.82, 2.24) is 4.98 Å².